The Labute approximate surface area is 160 Å². The summed E-state index contributed by atoms with van der Waals surface area (Å²) in [5.74, 6) is 2.49. The SMILES string of the molecule is COCc1ccc(C(=O)NC2CCc3nnc(-c4csc(C)n4)n3CC2)o1. The van der Waals surface area contributed by atoms with Crippen molar-refractivity contribution < 1.29 is 13.9 Å². The summed E-state index contributed by atoms with van der Waals surface area (Å²) in [6.45, 7) is 3.07. The number of methoxy groups -OCH3 is 1. The number of furan rings is 1. The van der Waals surface area contributed by atoms with E-state index in [9.17, 15) is 4.79 Å². The fraction of sp³-hybridized carbons (Fsp3) is 0.444. The highest BCUT2D eigenvalue weighted by atomic mass is 32.1. The molecule has 1 aliphatic heterocycles. The summed E-state index contributed by atoms with van der Waals surface area (Å²) in [5, 5.41) is 14.7. The minimum Gasteiger partial charge on any atom is -0.453 e. The second-order valence-electron chi connectivity index (χ2n) is 6.54. The van der Waals surface area contributed by atoms with E-state index < -0.39 is 0 Å². The molecule has 1 amide bonds. The topological polar surface area (TPSA) is 95.1 Å². The molecule has 4 rings (SSSR count). The zero-order valence-corrected chi connectivity index (χ0v) is 16.1. The Hall–Kier alpha value is -2.52. The largest absolute Gasteiger partial charge is 0.453 e. The number of carbonyl (C=O) groups is 1. The minimum absolute atomic E-state index is 0.0557. The minimum atomic E-state index is -0.199. The smallest absolute Gasteiger partial charge is 0.287 e. The van der Waals surface area contributed by atoms with Gasteiger partial charge in [0, 0.05) is 31.5 Å². The van der Waals surface area contributed by atoms with E-state index in [2.05, 4.69) is 25.1 Å². The molecule has 1 unspecified atom stereocenters. The number of aryl methyl sites for hydroxylation is 2. The van der Waals surface area contributed by atoms with Gasteiger partial charge < -0.3 is 19.0 Å². The maximum atomic E-state index is 12.5. The maximum Gasteiger partial charge on any atom is 0.287 e. The second-order valence-corrected chi connectivity index (χ2v) is 7.60. The molecule has 0 bridgehead atoms. The highest BCUT2D eigenvalue weighted by Crippen LogP contribution is 2.24. The highest BCUT2D eigenvalue weighted by Gasteiger charge is 2.24. The predicted octanol–water partition coefficient (Wildman–Crippen LogP) is 2.58. The van der Waals surface area contributed by atoms with Gasteiger partial charge in [0.25, 0.3) is 5.91 Å². The van der Waals surface area contributed by atoms with Crippen molar-refractivity contribution in [2.24, 2.45) is 0 Å². The first-order valence-electron chi connectivity index (χ1n) is 8.87. The average molecular weight is 387 g/mol. The third-order valence-corrected chi connectivity index (χ3v) is 5.37. The van der Waals surface area contributed by atoms with E-state index in [4.69, 9.17) is 9.15 Å². The van der Waals surface area contributed by atoms with Gasteiger partial charge in [-0.25, -0.2) is 4.98 Å². The summed E-state index contributed by atoms with van der Waals surface area (Å²) in [6.07, 6.45) is 2.37. The van der Waals surface area contributed by atoms with Gasteiger partial charge in [0.1, 0.15) is 23.9 Å². The molecule has 1 atom stereocenters. The first-order valence-corrected chi connectivity index (χ1v) is 9.75. The van der Waals surface area contributed by atoms with E-state index in [0.717, 1.165) is 48.2 Å². The average Bonchev–Trinajstić information content (AvgIpc) is 3.35. The molecular formula is C18H21N5O3S. The third kappa shape index (κ3) is 3.79. The van der Waals surface area contributed by atoms with Crippen LogP contribution in [0.2, 0.25) is 0 Å². The Kier molecular flexibility index (Phi) is 5.04. The van der Waals surface area contributed by atoms with Crippen LogP contribution in [0.5, 0.6) is 0 Å². The number of nitrogens with zero attached hydrogens (tertiary/aromatic N) is 4. The summed E-state index contributed by atoms with van der Waals surface area (Å²) in [6, 6.07) is 3.49. The van der Waals surface area contributed by atoms with Crippen LogP contribution in [0.1, 0.15) is 40.0 Å². The molecule has 0 fully saturated rings. The van der Waals surface area contributed by atoms with Crippen LogP contribution in [0.15, 0.2) is 21.9 Å². The lowest BCUT2D eigenvalue weighted by molar-refractivity contribution is 0.0896. The van der Waals surface area contributed by atoms with Gasteiger partial charge in [0.15, 0.2) is 11.6 Å². The van der Waals surface area contributed by atoms with E-state index in [1.54, 1.807) is 30.6 Å². The lowest BCUT2D eigenvalue weighted by Crippen LogP contribution is -2.35. The number of fused-ring (bicyclic) bond motifs is 1. The monoisotopic (exact) mass is 387 g/mol. The lowest BCUT2D eigenvalue weighted by atomic mass is 10.1. The number of rotatable bonds is 5. The van der Waals surface area contributed by atoms with Crippen LogP contribution >= 0.6 is 11.3 Å². The Morgan fingerprint density at radius 1 is 1.41 bits per heavy atom. The Bertz CT molecular complexity index is 945. The molecule has 0 saturated carbocycles. The molecule has 4 heterocycles. The summed E-state index contributed by atoms with van der Waals surface area (Å²) in [5.41, 5.74) is 0.861. The van der Waals surface area contributed by atoms with Crippen molar-refractivity contribution in [1.82, 2.24) is 25.1 Å². The van der Waals surface area contributed by atoms with E-state index in [0.29, 0.717) is 18.1 Å². The van der Waals surface area contributed by atoms with E-state index in [1.807, 2.05) is 12.3 Å². The molecule has 8 nitrogen and oxygen atoms in total. The molecule has 0 spiro atoms. The van der Waals surface area contributed by atoms with Gasteiger partial charge in [-0.15, -0.1) is 21.5 Å². The Morgan fingerprint density at radius 2 is 2.30 bits per heavy atom. The van der Waals surface area contributed by atoms with Crippen LogP contribution in [0.4, 0.5) is 0 Å². The van der Waals surface area contributed by atoms with Crippen molar-refractivity contribution >= 4 is 17.2 Å². The van der Waals surface area contributed by atoms with Crippen molar-refractivity contribution in [1.29, 1.82) is 0 Å². The van der Waals surface area contributed by atoms with Gasteiger partial charge in [0.05, 0.1) is 5.01 Å². The van der Waals surface area contributed by atoms with Crippen molar-refractivity contribution in [3.63, 3.8) is 0 Å². The zero-order valence-electron chi connectivity index (χ0n) is 15.3. The van der Waals surface area contributed by atoms with Crippen molar-refractivity contribution in [2.45, 2.75) is 45.4 Å². The van der Waals surface area contributed by atoms with Crippen LogP contribution in [0.3, 0.4) is 0 Å². The van der Waals surface area contributed by atoms with Crippen molar-refractivity contribution in [2.75, 3.05) is 7.11 Å². The Morgan fingerprint density at radius 3 is 3.07 bits per heavy atom. The lowest BCUT2D eigenvalue weighted by Gasteiger charge is -2.15. The van der Waals surface area contributed by atoms with Gasteiger partial charge in [-0.2, -0.15) is 0 Å². The molecule has 3 aromatic heterocycles. The molecule has 1 N–H and O–H groups in total. The fourth-order valence-electron chi connectivity index (χ4n) is 3.26. The number of thiazole rings is 1. The number of carbonyl (C=O) groups excluding carboxylic acids is 1. The number of aromatic nitrogens is 4. The fourth-order valence-corrected chi connectivity index (χ4v) is 3.86. The summed E-state index contributed by atoms with van der Waals surface area (Å²) in [4.78, 5) is 17.0. The molecule has 1 aliphatic rings. The van der Waals surface area contributed by atoms with Gasteiger partial charge >= 0.3 is 0 Å². The van der Waals surface area contributed by atoms with Gasteiger partial charge in [-0.05, 0) is 31.9 Å². The number of amides is 1. The first kappa shape index (κ1) is 17.9. The molecule has 9 heteroatoms. The predicted molar refractivity (Wildman–Crippen MR) is 99.5 cm³/mol. The summed E-state index contributed by atoms with van der Waals surface area (Å²) < 4.78 is 12.6. The highest BCUT2D eigenvalue weighted by molar-refractivity contribution is 7.09. The molecule has 0 saturated heterocycles. The quantitative estimate of drug-likeness (QED) is 0.723. The molecule has 3 aromatic rings. The van der Waals surface area contributed by atoms with Crippen LogP contribution in [0, 0.1) is 6.92 Å². The van der Waals surface area contributed by atoms with Gasteiger partial charge in [-0.3, -0.25) is 4.79 Å². The second kappa shape index (κ2) is 7.61. The number of ether oxygens (including phenoxy) is 1. The number of hydrogen-bond acceptors (Lipinski definition) is 7. The standard InChI is InChI=1S/C18H21N5O3S/c1-11-19-14(10-27-11)17-22-21-16-6-3-12(7-8-23(16)17)20-18(24)15-5-4-13(26-15)9-25-2/h4-5,10,12H,3,6-9H2,1-2H3,(H,20,24). The molecular weight excluding hydrogens is 366 g/mol. The number of hydrogen-bond donors (Lipinski definition) is 1. The van der Waals surface area contributed by atoms with Crippen LogP contribution in [0.25, 0.3) is 11.5 Å². The van der Waals surface area contributed by atoms with E-state index in [1.165, 1.54) is 0 Å². The van der Waals surface area contributed by atoms with Crippen molar-refractivity contribution in [3.8, 4) is 11.5 Å². The van der Waals surface area contributed by atoms with Gasteiger partial charge in [-0.1, -0.05) is 0 Å². The third-order valence-electron chi connectivity index (χ3n) is 4.60. The maximum absolute atomic E-state index is 12.5. The number of nitrogens with one attached hydrogen (secondary N) is 1. The van der Waals surface area contributed by atoms with Crippen LogP contribution < -0.4 is 5.32 Å². The summed E-state index contributed by atoms with van der Waals surface area (Å²) >= 11 is 1.60. The summed E-state index contributed by atoms with van der Waals surface area (Å²) in [7, 11) is 1.59. The Balaban J connectivity index is 1.42. The van der Waals surface area contributed by atoms with Crippen LogP contribution in [-0.2, 0) is 24.3 Å². The molecule has 0 aliphatic carbocycles. The normalized spacial score (nSPS) is 16.7. The van der Waals surface area contributed by atoms with Crippen molar-refractivity contribution in [3.05, 3.63) is 39.9 Å². The molecule has 27 heavy (non-hydrogen) atoms. The molecule has 0 aromatic carbocycles. The first-order chi connectivity index (χ1) is 13.1. The van der Waals surface area contributed by atoms with Crippen LogP contribution in [-0.4, -0.2) is 38.8 Å². The molecule has 142 valence electrons. The van der Waals surface area contributed by atoms with Gasteiger partial charge in [0.2, 0.25) is 0 Å². The molecule has 0 radical (unpaired) electrons. The van der Waals surface area contributed by atoms with E-state index >= 15 is 0 Å². The van der Waals surface area contributed by atoms with E-state index in [-0.39, 0.29) is 11.9 Å². The zero-order chi connectivity index (χ0) is 18.8.